The average Bonchev–Trinajstić information content (AvgIpc) is 2.77. The van der Waals surface area contributed by atoms with E-state index in [4.69, 9.17) is 18.9 Å². The Hall–Kier alpha value is -0.440. The first kappa shape index (κ1) is 26.8. The van der Waals surface area contributed by atoms with Crippen molar-refractivity contribution in [3.8, 4) is 0 Å². The van der Waals surface area contributed by atoms with E-state index in [0.717, 1.165) is 32.1 Å². The molecule has 31 heavy (non-hydrogen) atoms. The number of hydrogen-bond acceptors (Lipinski definition) is 11. The Kier molecular flexibility index (Phi) is 11.5. The molecule has 4 unspecified atom stereocenters. The van der Waals surface area contributed by atoms with Gasteiger partial charge in [0.15, 0.2) is 12.6 Å². The minimum Gasteiger partial charge on any atom is -0.394 e. The maximum atomic E-state index is 10.5. The summed E-state index contributed by atoms with van der Waals surface area (Å²) in [4.78, 5) is 0. The van der Waals surface area contributed by atoms with Gasteiger partial charge in [0.1, 0.15) is 48.8 Å². The van der Waals surface area contributed by atoms with Crippen LogP contribution in [0.2, 0.25) is 0 Å². The summed E-state index contributed by atoms with van der Waals surface area (Å²) in [6.07, 6.45) is -7.98. The van der Waals surface area contributed by atoms with Crippen molar-refractivity contribution >= 4 is 0 Å². The molecule has 2 aliphatic heterocycles. The van der Waals surface area contributed by atoms with Gasteiger partial charge in [0.2, 0.25) is 0 Å². The Bertz CT molecular complexity index is 492. The summed E-state index contributed by atoms with van der Waals surface area (Å²) < 4.78 is 21.9. The number of unbranched alkanes of at least 4 members (excludes halogenated alkanes) is 5. The quantitative estimate of drug-likeness (QED) is 0.162. The maximum Gasteiger partial charge on any atom is 0.187 e. The fraction of sp³-hybridized carbons (Fsp3) is 1.00. The number of ether oxygens (including phenoxy) is 4. The van der Waals surface area contributed by atoms with Crippen molar-refractivity contribution in [1.82, 2.24) is 0 Å². The number of rotatable bonds is 12. The molecule has 0 aromatic carbocycles. The van der Waals surface area contributed by atoms with E-state index < -0.39 is 74.6 Å². The second-order valence-electron chi connectivity index (χ2n) is 8.14. The van der Waals surface area contributed by atoms with Crippen LogP contribution in [0.1, 0.15) is 45.4 Å². The first-order chi connectivity index (χ1) is 14.8. The molecule has 0 bridgehead atoms. The smallest absolute Gasteiger partial charge is 0.187 e. The SMILES string of the molecule is CCCCCCCCO[C@@H]1OC(CO)[C@@H](O[C@H]2OC(CO)[C@@H](O)[C@H](O)C2O)C(O)[C@@H]1O. The molecular formula is C20H38O11. The highest BCUT2D eigenvalue weighted by atomic mass is 16.7. The lowest BCUT2D eigenvalue weighted by Gasteiger charge is -2.45. The highest BCUT2D eigenvalue weighted by molar-refractivity contribution is 4.94. The number of aliphatic hydroxyl groups is 7. The molecule has 2 fully saturated rings. The van der Waals surface area contributed by atoms with Crippen molar-refractivity contribution in [3.05, 3.63) is 0 Å². The van der Waals surface area contributed by atoms with Crippen LogP contribution in [-0.4, -0.2) is 117 Å². The van der Waals surface area contributed by atoms with Crippen LogP contribution in [0.3, 0.4) is 0 Å². The molecule has 0 radical (unpaired) electrons. The van der Waals surface area contributed by atoms with E-state index in [1.807, 2.05) is 0 Å². The molecule has 0 spiro atoms. The van der Waals surface area contributed by atoms with E-state index in [9.17, 15) is 35.7 Å². The molecular weight excluding hydrogens is 416 g/mol. The zero-order valence-corrected chi connectivity index (χ0v) is 17.9. The Balaban J connectivity index is 1.90. The van der Waals surface area contributed by atoms with E-state index in [1.165, 1.54) is 6.42 Å². The van der Waals surface area contributed by atoms with E-state index in [0.29, 0.717) is 6.61 Å². The topological polar surface area (TPSA) is 179 Å². The van der Waals surface area contributed by atoms with Gasteiger partial charge in [0.05, 0.1) is 13.2 Å². The van der Waals surface area contributed by atoms with Crippen molar-refractivity contribution in [1.29, 1.82) is 0 Å². The monoisotopic (exact) mass is 454 g/mol. The van der Waals surface area contributed by atoms with Crippen LogP contribution in [0, 0.1) is 0 Å². The van der Waals surface area contributed by atoms with Crippen LogP contribution in [0.5, 0.6) is 0 Å². The summed E-state index contributed by atoms with van der Waals surface area (Å²) in [5.74, 6) is 0. The fourth-order valence-electron chi connectivity index (χ4n) is 3.77. The van der Waals surface area contributed by atoms with E-state index >= 15 is 0 Å². The molecule has 2 aliphatic rings. The lowest BCUT2D eigenvalue weighted by atomic mass is 9.97. The van der Waals surface area contributed by atoms with Crippen LogP contribution < -0.4 is 0 Å². The average molecular weight is 455 g/mol. The molecule has 11 nitrogen and oxygen atoms in total. The van der Waals surface area contributed by atoms with Crippen molar-refractivity contribution in [3.63, 3.8) is 0 Å². The van der Waals surface area contributed by atoms with Crippen LogP contribution in [0.4, 0.5) is 0 Å². The molecule has 10 atom stereocenters. The van der Waals surface area contributed by atoms with Gasteiger partial charge < -0.3 is 54.7 Å². The zero-order chi connectivity index (χ0) is 23.0. The van der Waals surface area contributed by atoms with Gasteiger partial charge in [-0.2, -0.15) is 0 Å². The van der Waals surface area contributed by atoms with Gasteiger partial charge in [-0.25, -0.2) is 0 Å². The maximum absolute atomic E-state index is 10.5. The van der Waals surface area contributed by atoms with Crippen LogP contribution in [-0.2, 0) is 18.9 Å². The first-order valence-corrected chi connectivity index (χ1v) is 11.1. The minimum atomic E-state index is -1.69. The molecule has 0 saturated carbocycles. The van der Waals surface area contributed by atoms with Gasteiger partial charge in [-0.15, -0.1) is 0 Å². The van der Waals surface area contributed by atoms with Gasteiger partial charge in [-0.3, -0.25) is 0 Å². The molecule has 0 aromatic heterocycles. The van der Waals surface area contributed by atoms with Gasteiger partial charge in [-0.1, -0.05) is 39.0 Å². The molecule has 7 N–H and O–H groups in total. The van der Waals surface area contributed by atoms with E-state index in [1.54, 1.807) is 0 Å². The van der Waals surface area contributed by atoms with Crippen LogP contribution in [0.25, 0.3) is 0 Å². The van der Waals surface area contributed by atoms with Crippen LogP contribution in [0.15, 0.2) is 0 Å². The third-order valence-corrected chi connectivity index (χ3v) is 5.74. The summed E-state index contributed by atoms with van der Waals surface area (Å²) in [5.41, 5.74) is 0. The molecule has 11 heteroatoms. The Morgan fingerprint density at radius 2 is 1.23 bits per heavy atom. The fourth-order valence-corrected chi connectivity index (χ4v) is 3.77. The van der Waals surface area contributed by atoms with E-state index in [-0.39, 0.29) is 0 Å². The summed E-state index contributed by atoms with van der Waals surface area (Å²) >= 11 is 0. The first-order valence-electron chi connectivity index (χ1n) is 11.1. The lowest BCUT2D eigenvalue weighted by molar-refractivity contribution is -0.359. The molecule has 2 saturated heterocycles. The summed E-state index contributed by atoms with van der Waals surface area (Å²) in [6, 6.07) is 0. The Labute approximate surface area is 182 Å². The lowest BCUT2D eigenvalue weighted by Crippen LogP contribution is -2.64. The molecule has 0 aliphatic carbocycles. The second-order valence-corrected chi connectivity index (χ2v) is 8.14. The molecule has 2 heterocycles. The molecule has 2 rings (SSSR count). The van der Waals surface area contributed by atoms with Gasteiger partial charge >= 0.3 is 0 Å². The standard InChI is InChI=1S/C20H38O11/c1-2-3-4-5-6-7-8-28-19-17(27)15(25)18(12(10-22)30-19)31-20-16(26)14(24)13(23)11(9-21)29-20/h11-27H,2-10H2,1H3/t11?,12?,13-,14+,15?,16?,17+,18-,19-,20-/m1/s1. The molecule has 184 valence electrons. The third-order valence-electron chi connectivity index (χ3n) is 5.74. The van der Waals surface area contributed by atoms with Gasteiger partial charge in [0.25, 0.3) is 0 Å². The Morgan fingerprint density at radius 3 is 1.87 bits per heavy atom. The second kappa shape index (κ2) is 13.3. The Morgan fingerprint density at radius 1 is 0.645 bits per heavy atom. The predicted molar refractivity (Wildman–Crippen MR) is 106 cm³/mol. The predicted octanol–water partition coefficient (Wildman–Crippen LogP) is -2.01. The molecule has 0 amide bonds. The highest BCUT2D eigenvalue weighted by Gasteiger charge is 2.50. The normalized spacial score (nSPS) is 41.4. The highest BCUT2D eigenvalue weighted by Crippen LogP contribution is 2.29. The summed E-state index contributed by atoms with van der Waals surface area (Å²) in [5, 5.41) is 69.7. The number of aliphatic hydroxyl groups excluding tert-OH is 7. The summed E-state index contributed by atoms with van der Waals surface area (Å²) in [7, 11) is 0. The summed E-state index contributed by atoms with van der Waals surface area (Å²) in [6.45, 7) is 1.23. The van der Waals surface area contributed by atoms with Gasteiger partial charge in [-0.05, 0) is 6.42 Å². The molecule has 0 aromatic rings. The largest absolute Gasteiger partial charge is 0.394 e. The number of hydrogen-bond donors (Lipinski definition) is 7. The van der Waals surface area contributed by atoms with Crippen molar-refractivity contribution < 1.29 is 54.7 Å². The van der Waals surface area contributed by atoms with Crippen molar-refractivity contribution in [2.45, 2.75) is 107 Å². The van der Waals surface area contributed by atoms with Crippen molar-refractivity contribution in [2.24, 2.45) is 0 Å². The van der Waals surface area contributed by atoms with Crippen LogP contribution >= 0.6 is 0 Å². The zero-order valence-electron chi connectivity index (χ0n) is 17.9. The minimum absolute atomic E-state index is 0.316. The van der Waals surface area contributed by atoms with Gasteiger partial charge in [0, 0.05) is 6.61 Å². The third kappa shape index (κ3) is 7.02. The van der Waals surface area contributed by atoms with E-state index in [2.05, 4.69) is 6.92 Å². The van der Waals surface area contributed by atoms with Crippen molar-refractivity contribution in [2.75, 3.05) is 19.8 Å².